The van der Waals surface area contributed by atoms with E-state index < -0.39 is 6.93 Å². The molecule has 0 nitrogen and oxygen atoms in total. The summed E-state index contributed by atoms with van der Waals surface area (Å²) >= 11 is 0. The summed E-state index contributed by atoms with van der Waals surface area (Å²) in [6.45, 7) is -1.00. The van der Waals surface area contributed by atoms with E-state index in [0.717, 1.165) is 0 Å². The molecule has 30 valence electrons. The van der Waals surface area contributed by atoms with Crippen molar-refractivity contribution in [1.29, 1.82) is 0 Å². The Kier molecular flexibility index (Phi) is 22.2. The number of hydrogen-bond acceptors (Lipinski definition) is 0. The Labute approximate surface area is 33.7 Å². The van der Waals surface area contributed by atoms with Gasteiger partial charge in [0, 0.05) is 0 Å². The molecular weight excluding hydrogens is 114 g/mol. The van der Waals surface area contributed by atoms with Crippen molar-refractivity contribution in [3.05, 3.63) is 6.93 Å². The van der Waals surface area contributed by atoms with E-state index in [1.165, 1.54) is 0 Å². The van der Waals surface area contributed by atoms with Crippen molar-refractivity contribution >= 4 is 0 Å². The van der Waals surface area contributed by atoms with Crippen LogP contribution in [-0.2, 0) is 17.1 Å². The van der Waals surface area contributed by atoms with Crippen molar-refractivity contribution in [3.8, 4) is 0 Å². The summed E-state index contributed by atoms with van der Waals surface area (Å²) in [7, 11) is 0. The maximum Gasteiger partial charge on any atom is 1.00 e. The van der Waals surface area contributed by atoms with Crippen molar-refractivity contribution in [3.63, 3.8) is 0 Å². The number of hydrogen-bond donors (Lipinski definition) is 0. The second kappa shape index (κ2) is 10.1. The zero-order valence-electron chi connectivity index (χ0n) is 1.63. The molecule has 0 radical (unpaired) electrons. The molecule has 0 aromatic carbocycles. The van der Waals surface area contributed by atoms with Crippen molar-refractivity contribution in [1.82, 2.24) is 0 Å². The zero-order valence-corrected chi connectivity index (χ0v) is 2.58. The van der Waals surface area contributed by atoms with Gasteiger partial charge in [0.1, 0.15) is 0 Å². The molecule has 0 unspecified atom stereocenters. The van der Waals surface area contributed by atoms with Crippen LogP contribution in [0, 0.1) is 6.93 Å². The summed E-state index contributed by atoms with van der Waals surface area (Å²) in [6, 6.07) is 0. The minimum Gasteiger partial charge on any atom is -0.425 e. The maximum atomic E-state index is 9.50. The minimum atomic E-state index is -1.00. The van der Waals surface area contributed by atoms with Crippen LogP contribution in [0.4, 0.5) is 8.78 Å². The van der Waals surface area contributed by atoms with Crippen LogP contribution in [0.25, 0.3) is 0 Å². The normalized spacial score (nSPS) is 4.50. The fourth-order valence-corrected chi connectivity index (χ4v) is 0. The first kappa shape index (κ1) is 8.83. The molecule has 0 spiro atoms. The first-order valence-corrected chi connectivity index (χ1v) is 0.436. The van der Waals surface area contributed by atoms with Gasteiger partial charge in [-0.2, -0.15) is 0 Å². The molecule has 3 heteroatoms. The Morgan fingerprint density at radius 2 is 1.25 bits per heavy atom. The third kappa shape index (κ3) is 31.4. The van der Waals surface area contributed by atoms with Crippen LogP contribution >= 0.6 is 0 Å². The van der Waals surface area contributed by atoms with Gasteiger partial charge in [0.25, 0.3) is 0 Å². The van der Waals surface area contributed by atoms with E-state index in [0.29, 0.717) is 0 Å². The Hall–Kier alpha value is 0.379. The van der Waals surface area contributed by atoms with Gasteiger partial charge in [-0.1, -0.05) is 0 Å². The van der Waals surface area contributed by atoms with Gasteiger partial charge in [-0.15, -0.1) is 0 Å². The van der Waals surface area contributed by atoms with E-state index in [4.69, 9.17) is 0 Å². The minimum absolute atomic E-state index is 0. The number of rotatable bonds is 0. The molecule has 0 saturated carbocycles. The number of halogens is 2. The molecule has 0 aliphatic rings. The summed E-state index contributed by atoms with van der Waals surface area (Å²) in [5, 5.41) is 0. The molecule has 0 saturated heterocycles. The summed E-state index contributed by atoms with van der Waals surface area (Å²) in [6.07, 6.45) is 0. The van der Waals surface area contributed by atoms with Crippen LogP contribution in [-0.4, -0.2) is 0 Å². The fourth-order valence-electron chi connectivity index (χ4n) is 0. The Bertz CT molecular complexity index is 6.00. The maximum absolute atomic E-state index is 9.50. The standard InChI is InChI=1S/CHF2.Cu/c2-1-3;/h1H;/q-1;+1. The van der Waals surface area contributed by atoms with Gasteiger partial charge in [0.2, 0.25) is 0 Å². The van der Waals surface area contributed by atoms with E-state index >= 15 is 0 Å². The predicted molar refractivity (Wildman–Crippen MR) is 6.52 cm³/mol. The van der Waals surface area contributed by atoms with E-state index in [9.17, 15) is 8.78 Å². The average molecular weight is 115 g/mol. The molecule has 0 rings (SSSR count). The van der Waals surface area contributed by atoms with Crippen LogP contribution in [0.15, 0.2) is 0 Å². The smallest absolute Gasteiger partial charge is 0.425 e. The third-order valence-corrected chi connectivity index (χ3v) is 0. The summed E-state index contributed by atoms with van der Waals surface area (Å²) in [4.78, 5) is 0. The van der Waals surface area contributed by atoms with E-state index in [-0.39, 0.29) is 17.1 Å². The molecule has 0 aromatic rings. The Morgan fingerprint density at radius 3 is 1.25 bits per heavy atom. The summed E-state index contributed by atoms with van der Waals surface area (Å²) in [5.74, 6) is 0. The quantitative estimate of drug-likeness (QED) is 0.326. The SMILES string of the molecule is F[CH-]F.[Cu+]. The molecule has 0 aromatic heterocycles. The van der Waals surface area contributed by atoms with Crippen molar-refractivity contribution in [2.75, 3.05) is 0 Å². The molecule has 0 heterocycles. The Morgan fingerprint density at radius 1 is 1.25 bits per heavy atom. The van der Waals surface area contributed by atoms with Gasteiger partial charge in [-0.3, -0.25) is 0 Å². The van der Waals surface area contributed by atoms with E-state index in [1.807, 2.05) is 0 Å². The zero-order chi connectivity index (χ0) is 2.71. The van der Waals surface area contributed by atoms with Gasteiger partial charge in [0.15, 0.2) is 0 Å². The Balaban J connectivity index is 0. The van der Waals surface area contributed by atoms with E-state index in [2.05, 4.69) is 0 Å². The van der Waals surface area contributed by atoms with Gasteiger partial charge >= 0.3 is 17.1 Å². The molecule has 0 aliphatic carbocycles. The molecule has 0 amide bonds. The molecule has 0 N–H and O–H groups in total. The average Bonchev–Trinajstić information content (AvgIpc) is 0.918. The van der Waals surface area contributed by atoms with Crippen molar-refractivity contribution < 1.29 is 25.8 Å². The topological polar surface area (TPSA) is 0 Å². The van der Waals surface area contributed by atoms with Crippen LogP contribution in [0.5, 0.6) is 0 Å². The van der Waals surface area contributed by atoms with Crippen LogP contribution in [0.3, 0.4) is 0 Å². The van der Waals surface area contributed by atoms with Gasteiger partial charge in [0.05, 0.1) is 0 Å². The fraction of sp³-hybridized carbons (Fsp3) is 0. The largest absolute Gasteiger partial charge is 1.00 e. The van der Waals surface area contributed by atoms with Crippen molar-refractivity contribution in [2.24, 2.45) is 0 Å². The molecule has 0 fully saturated rings. The predicted octanol–water partition coefficient (Wildman–Crippen LogP) is 1.04. The first-order chi connectivity index (χ1) is 1.41. The molecule has 4 heavy (non-hydrogen) atoms. The summed E-state index contributed by atoms with van der Waals surface area (Å²) in [5.41, 5.74) is 0. The molecule has 0 aliphatic heterocycles. The van der Waals surface area contributed by atoms with Crippen LogP contribution < -0.4 is 0 Å². The van der Waals surface area contributed by atoms with Gasteiger partial charge in [-0.05, 0) is 6.93 Å². The summed E-state index contributed by atoms with van der Waals surface area (Å²) < 4.78 is 19.0. The molecule has 0 bridgehead atoms. The van der Waals surface area contributed by atoms with Crippen LogP contribution in [0.1, 0.15) is 0 Å². The monoisotopic (exact) mass is 114 g/mol. The molecular formula is CHCuF2. The van der Waals surface area contributed by atoms with Gasteiger partial charge < -0.3 is 8.78 Å². The third-order valence-electron chi connectivity index (χ3n) is 0. The van der Waals surface area contributed by atoms with Crippen molar-refractivity contribution in [2.45, 2.75) is 0 Å². The first-order valence-electron chi connectivity index (χ1n) is 0.436. The second-order valence-electron chi connectivity index (χ2n) is 0.0825. The van der Waals surface area contributed by atoms with Crippen LogP contribution in [0.2, 0.25) is 0 Å². The second-order valence-corrected chi connectivity index (χ2v) is 0.0825. The van der Waals surface area contributed by atoms with Gasteiger partial charge in [-0.25, -0.2) is 0 Å². The van der Waals surface area contributed by atoms with E-state index in [1.54, 1.807) is 0 Å². The molecule has 0 atom stereocenters.